The van der Waals surface area contributed by atoms with Gasteiger partial charge in [-0.1, -0.05) is 11.6 Å². The topological polar surface area (TPSA) is 13.1 Å². The van der Waals surface area contributed by atoms with Crippen LogP contribution in [0.25, 0.3) is 11.0 Å². The molecule has 68 valence electrons. The van der Waals surface area contributed by atoms with Crippen molar-refractivity contribution in [3.8, 4) is 0 Å². The molecule has 0 amide bonds. The first-order valence-electron chi connectivity index (χ1n) is 3.94. The molecule has 1 aromatic carbocycles. The fraction of sp³-hybridized carbons (Fsp3) is 0.200. The van der Waals surface area contributed by atoms with E-state index in [1.165, 1.54) is 0 Å². The summed E-state index contributed by atoms with van der Waals surface area (Å²) >= 11 is 9.61. The highest BCUT2D eigenvalue weighted by molar-refractivity contribution is 9.10. The molecule has 0 spiro atoms. The summed E-state index contributed by atoms with van der Waals surface area (Å²) in [6.45, 7) is 3.97. The minimum Gasteiger partial charge on any atom is -0.463 e. The van der Waals surface area contributed by atoms with E-state index in [9.17, 15) is 0 Å². The summed E-state index contributed by atoms with van der Waals surface area (Å²) in [5.41, 5.74) is 2.98. The standard InChI is InChI=1S/C10H8BrClO/c1-5-7-3-4-13-10(7)8(11)6(2)9(5)12/h3-4H,1-2H3. The van der Waals surface area contributed by atoms with Gasteiger partial charge in [-0.05, 0) is 47.0 Å². The fourth-order valence-electron chi connectivity index (χ4n) is 1.44. The maximum absolute atomic E-state index is 6.15. The summed E-state index contributed by atoms with van der Waals surface area (Å²) in [4.78, 5) is 0. The van der Waals surface area contributed by atoms with E-state index in [4.69, 9.17) is 16.0 Å². The van der Waals surface area contributed by atoms with Crippen molar-refractivity contribution in [2.24, 2.45) is 0 Å². The van der Waals surface area contributed by atoms with E-state index in [1.54, 1.807) is 6.26 Å². The normalized spacial score (nSPS) is 11.1. The average molecular weight is 260 g/mol. The van der Waals surface area contributed by atoms with E-state index in [2.05, 4.69) is 15.9 Å². The minimum atomic E-state index is 0.806. The second-order valence-electron chi connectivity index (χ2n) is 3.04. The van der Waals surface area contributed by atoms with Crippen LogP contribution < -0.4 is 0 Å². The Morgan fingerprint density at radius 1 is 1.31 bits per heavy atom. The molecule has 0 aliphatic heterocycles. The van der Waals surface area contributed by atoms with Gasteiger partial charge < -0.3 is 4.42 Å². The second-order valence-corrected chi connectivity index (χ2v) is 4.21. The number of rotatable bonds is 0. The Morgan fingerprint density at radius 2 is 2.00 bits per heavy atom. The quantitative estimate of drug-likeness (QED) is 0.680. The van der Waals surface area contributed by atoms with Crippen LogP contribution in [0.1, 0.15) is 11.1 Å². The summed E-state index contributed by atoms with van der Waals surface area (Å²) in [5, 5.41) is 1.88. The molecule has 0 radical (unpaired) electrons. The van der Waals surface area contributed by atoms with Crippen LogP contribution in [-0.4, -0.2) is 0 Å². The number of fused-ring (bicyclic) bond motifs is 1. The van der Waals surface area contributed by atoms with Gasteiger partial charge in [0.1, 0.15) is 5.58 Å². The Bertz CT molecular complexity index is 431. The van der Waals surface area contributed by atoms with Crippen molar-refractivity contribution in [2.75, 3.05) is 0 Å². The summed E-state index contributed by atoms with van der Waals surface area (Å²) in [6, 6.07) is 1.93. The molecule has 0 saturated heterocycles. The molecule has 0 atom stereocenters. The molecule has 0 saturated carbocycles. The lowest BCUT2D eigenvalue weighted by atomic mass is 10.1. The molecule has 0 bridgehead atoms. The van der Waals surface area contributed by atoms with Gasteiger partial charge >= 0.3 is 0 Å². The third-order valence-electron chi connectivity index (χ3n) is 2.26. The Hall–Kier alpha value is -0.470. The lowest BCUT2D eigenvalue weighted by Gasteiger charge is -2.06. The molecule has 0 aliphatic carbocycles. The molecule has 0 aliphatic rings. The first-order chi connectivity index (χ1) is 6.13. The largest absolute Gasteiger partial charge is 0.463 e. The highest BCUT2D eigenvalue weighted by Crippen LogP contribution is 2.36. The zero-order valence-corrected chi connectivity index (χ0v) is 9.66. The van der Waals surface area contributed by atoms with E-state index >= 15 is 0 Å². The predicted octanol–water partition coefficient (Wildman–Crippen LogP) is 4.47. The van der Waals surface area contributed by atoms with E-state index in [1.807, 2.05) is 19.9 Å². The molecule has 1 aromatic heterocycles. The highest BCUT2D eigenvalue weighted by Gasteiger charge is 2.12. The summed E-state index contributed by atoms with van der Waals surface area (Å²) in [7, 11) is 0. The molecule has 0 N–H and O–H groups in total. The maximum atomic E-state index is 6.15. The van der Waals surface area contributed by atoms with Crippen LogP contribution in [0.2, 0.25) is 5.02 Å². The van der Waals surface area contributed by atoms with Crippen LogP contribution in [0.4, 0.5) is 0 Å². The van der Waals surface area contributed by atoms with Crippen LogP contribution in [0.5, 0.6) is 0 Å². The summed E-state index contributed by atoms with van der Waals surface area (Å²) in [6.07, 6.45) is 1.68. The van der Waals surface area contributed by atoms with Crippen molar-refractivity contribution >= 4 is 38.5 Å². The molecule has 3 heteroatoms. The SMILES string of the molecule is Cc1c(Cl)c(C)c2ccoc2c1Br. The van der Waals surface area contributed by atoms with Crippen molar-refractivity contribution in [3.63, 3.8) is 0 Å². The zero-order chi connectivity index (χ0) is 9.59. The van der Waals surface area contributed by atoms with Crippen molar-refractivity contribution in [2.45, 2.75) is 13.8 Å². The van der Waals surface area contributed by atoms with Crippen LogP contribution in [-0.2, 0) is 0 Å². The van der Waals surface area contributed by atoms with Crippen molar-refractivity contribution in [1.82, 2.24) is 0 Å². The molecular weight excluding hydrogens is 251 g/mol. The van der Waals surface area contributed by atoms with Gasteiger partial charge in [0, 0.05) is 10.4 Å². The number of benzene rings is 1. The lowest BCUT2D eigenvalue weighted by molar-refractivity contribution is 0.613. The summed E-state index contributed by atoms with van der Waals surface area (Å²) < 4.78 is 6.31. The van der Waals surface area contributed by atoms with E-state index in [0.717, 1.165) is 31.6 Å². The average Bonchev–Trinajstić information content (AvgIpc) is 2.59. The van der Waals surface area contributed by atoms with Gasteiger partial charge in [-0.15, -0.1) is 0 Å². The predicted molar refractivity (Wildman–Crippen MR) is 58.4 cm³/mol. The van der Waals surface area contributed by atoms with E-state index in [0.29, 0.717) is 0 Å². The van der Waals surface area contributed by atoms with Crippen molar-refractivity contribution < 1.29 is 4.42 Å². The van der Waals surface area contributed by atoms with Gasteiger partial charge in [-0.25, -0.2) is 0 Å². The molecule has 1 nitrogen and oxygen atoms in total. The number of aryl methyl sites for hydroxylation is 1. The minimum absolute atomic E-state index is 0.806. The zero-order valence-electron chi connectivity index (χ0n) is 7.32. The molecule has 0 unspecified atom stereocenters. The van der Waals surface area contributed by atoms with Crippen LogP contribution in [0, 0.1) is 13.8 Å². The smallest absolute Gasteiger partial charge is 0.148 e. The van der Waals surface area contributed by atoms with E-state index < -0.39 is 0 Å². The monoisotopic (exact) mass is 258 g/mol. The van der Waals surface area contributed by atoms with Gasteiger partial charge in [0.2, 0.25) is 0 Å². The van der Waals surface area contributed by atoms with Crippen LogP contribution in [0.15, 0.2) is 21.2 Å². The van der Waals surface area contributed by atoms with E-state index in [-0.39, 0.29) is 0 Å². The van der Waals surface area contributed by atoms with Crippen molar-refractivity contribution in [3.05, 3.63) is 33.0 Å². The number of hydrogen-bond acceptors (Lipinski definition) is 1. The van der Waals surface area contributed by atoms with Crippen molar-refractivity contribution in [1.29, 1.82) is 0 Å². The summed E-state index contributed by atoms with van der Waals surface area (Å²) in [5.74, 6) is 0. The maximum Gasteiger partial charge on any atom is 0.148 e. The van der Waals surface area contributed by atoms with Gasteiger partial charge in [0.15, 0.2) is 0 Å². The third-order valence-corrected chi connectivity index (χ3v) is 3.78. The highest BCUT2D eigenvalue weighted by atomic mass is 79.9. The van der Waals surface area contributed by atoms with Crippen LogP contribution in [0.3, 0.4) is 0 Å². The first-order valence-corrected chi connectivity index (χ1v) is 5.11. The Morgan fingerprint density at radius 3 is 2.69 bits per heavy atom. The second kappa shape index (κ2) is 3.03. The van der Waals surface area contributed by atoms with Gasteiger partial charge in [-0.3, -0.25) is 0 Å². The third kappa shape index (κ3) is 1.20. The Labute approximate surface area is 89.8 Å². The van der Waals surface area contributed by atoms with Gasteiger partial charge in [0.25, 0.3) is 0 Å². The van der Waals surface area contributed by atoms with Crippen LogP contribution >= 0.6 is 27.5 Å². The molecule has 1 heterocycles. The molecule has 2 rings (SSSR count). The molecule has 2 aromatic rings. The Kier molecular flexibility index (Phi) is 2.12. The number of furan rings is 1. The molecular formula is C10H8BrClO. The van der Waals surface area contributed by atoms with Gasteiger partial charge in [-0.2, -0.15) is 0 Å². The number of hydrogen-bond donors (Lipinski definition) is 0. The first kappa shape index (κ1) is 9.10. The van der Waals surface area contributed by atoms with Gasteiger partial charge in [0.05, 0.1) is 10.7 Å². The number of halogens is 2. The lowest BCUT2D eigenvalue weighted by Crippen LogP contribution is -1.84. The Balaban J connectivity index is 3.02. The molecule has 13 heavy (non-hydrogen) atoms. The molecule has 0 fully saturated rings. The fourth-order valence-corrected chi connectivity index (χ4v) is 2.26.